The predicted octanol–water partition coefficient (Wildman–Crippen LogP) is 1.00. The molecule has 0 radical (unpaired) electrons. The molecule has 0 saturated carbocycles. The number of nitro benzene ring substituents is 1. The summed E-state index contributed by atoms with van der Waals surface area (Å²) in [6.45, 7) is 0. The monoisotopic (exact) mass is 306 g/mol. The van der Waals surface area contributed by atoms with Gasteiger partial charge in [0.25, 0.3) is 5.69 Å². The van der Waals surface area contributed by atoms with E-state index in [0.717, 1.165) is 12.2 Å². The van der Waals surface area contributed by atoms with Crippen LogP contribution in [-0.4, -0.2) is 31.1 Å². The van der Waals surface area contributed by atoms with Gasteiger partial charge in [-0.3, -0.25) is 15.0 Å². The van der Waals surface area contributed by atoms with E-state index in [2.05, 4.69) is 9.47 Å². The number of nitrogens with zero attached hydrogens (tertiary/aromatic N) is 2. The van der Waals surface area contributed by atoms with E-state index in [1.165, 1.54) is 25.3 Å². The Hall–Kier alpha value is -2.94. The van der Waals surface area contributed by atoms with Gasteiger partial charge in [0.2, 0.25) is 0 Å². The zero-order chi connectivity index (χ0) is 16.0. The number of methoxy groups -OCH3 is 2. The van der Waals surface area contributed by atoms with Crippen molar-refractivity contribution in [3.63, 3.8) is 0 Å². The van der Waals surface area contributed by atoms with Crippen molar-refractivity contribution >= 4 is 23.3 Å². The smallest absolute Gasteiger partial charge is 0.357 e. The van der Waals surface area contributed by atoms with Gasteiger partial charge in [-0.25, -0.2) is 14.7 Å². The lowest BCUT2D eigenvalue weighted by Crippen LogP contribution is -2.25. The summed E-state index contributed by atoms with van der Waals surface area (Å²) in [5.74, 6) is -1.52. The largest absolute Gasteiger partial charge is 0.466 e. The van der Waals surface area contributed by atoms with Crippen LogP contribution in [0.4, 0.5) is 11.4 Å². The molecule has 2 heterocycles. The highest BCUT2D eigenvalue weighted by Crippen LogP contribution is 2.51. The van der Waals surface area contributed by atoms with Crippen molar-refractivity contribution in [2.45, 2.75) is 6.10 Å². The number of anilines is 1. The molecular weight excluding hydrogens is 296 g/mol. The fourth-order valence-corrected chi connectivity index (χ4v) is 2.48. The minimum Gasteiger partial charge on any atom is -0.466 e. The summed E-state index contributed by atoms with van der Waals surface area (Å²) >= 11 is 0. The fraction of sp³-hybridized carbons (Fsp3) is 0.231. The molecular formula is C13H10N2O7. The van der Waals surface area contributed by atoms with Crippen LogP contribution in [0.1, 0.15) is 11.7 Å². The van der Waals surface area contributed by atoms with Crippen LogP contribution in [0.25, 0.3) is 0 Å². The number of non-ortho nitro benzene ring substituents is 1. The van der Waals surface area contributed by atoms with Crippen molar-refractivity contribution in [1.29, 1.82) is 0 Å². The number of hydrogen-bond donors (Lipinski definition) is 0. The standard InChI is InChI=1S/C13H10N2O7/c1-20-12(16)9-10(13(17)21-2)14-8-5-6(15(18)19)3-4-7(8)11(9)22-14/h3-5,11H,1-2H3. The van der Waals surface area contributed by atoms with Gasteiger partial charge in [0, 0.05) is 17.7 Å². The molecule has 2 bridgehead atoms. The van der Waals surface area contributed by atoms with Gasteiger partial charge in [-0.15, -0.1) is 0 Å². The van der Waals surface area contributed by atoms with E-state index in [0.29, 0.717) is 11.3 Å². The van der Waals surface area contributed by atoms with Crippen LogP contribution in [0.2, 0.25) is 0 Å². The molecule has 0 aliphatic carbocycles. The summed E-state index contributed by atoms with van der Waals surface area (Å²) in [4.78, 5) is 39.6. The van der Waals surface area contributed by atoms with E-state index in [9.17, 15) is 19.7 Å². The Balaban J connectivity index is 2.15. The van der Waals surface area contributed by atoms with Crippen LogP contribution in [0, 0.1) is 10.1 Å². The number of carbonyl (C=O) groups is 2. The predicted molar refractivity (Wildman–Crippen MR) is 70.5 cm³/mol. The van der Waals surface area contributed by atoms with Crippen molar-refractivity contribution in [3.05, 3.63) is 45.1 Å². The zero-order valence-electron chi connectivity index (χ0n) is 11.6. The third-order valence-corrected chi connectivity index (χ3v) is 3.44. The van der Waals surface area contributed by atoms with Crippen LogP contribution in [0.3, 0.4) is 0 Å². The number of benzene rings is 1. The number of esters is 2. The Kier molecular flexibility index (Phi) is 3.06. The summed E-state index contributed by atoms with van der Waals surface area (Å²) in [6.07, 6.45) is -0.850. The van der Waals surface area contributed by atoms with Crippen LogP contribution in [0.5, 0.6) is 0 Å². The minimum absolute atomic E-state index is 0.00991. The zero-order valence-corrected chi connectivity index (χ0v) is 11.6. The van der Waals surface area contributed by atoms with E-state index in [1.54, 1.807) is 0 Å². The van der Waals surface area contributed by atoms with Gasteiger partial charge in [-0.2, -0.15) is 0 Å². The molecule has 0 fully saturated rings. The average Bonchev–Trinajstić information content (AvgIpc) is 3.09. The molecule has 1 atom stereocenters. The second kappa shape index (κ2) is 4.81. The fourth-order valence-electron chi connectivity index (χ4n) is 2.48. The molecule has 0 N–H and O–H groups in total. The SMILES string of the molecule is COC(=O)C1=C(C(=O)OC)N2OC1c1ccc([N+](=O)[O-])cc12. The third kappa shape index (κ3) is 1.76. The Morgan fingerprint density at radius 3 is 2.55 bits per heavy atom. The quantitative estimate of drug-likeness (QED) is 0.462. The number of hydrogen-bond acceptors (Lipinski definition) is 8. The molecule has 9 nitrogen and oxygen atoms in total. The van der Waals surface area contributed by atoms with Crippen molar-refractivity contribution in [3.8, 4) is 0 Å². The highest BCUT2D eigenvalue weighted by molar-refractivity contribution is 6.06. The second-order valence-corrected chi connectivity index (χ2v) is 4.53. The molecule has 0 spiro atoms. The molecule has 1 aromatic carbocycles. The molecule has 2 aliphatic rings. The van der Waals surface area contributed by atoms with E-state index in [1.807, 2.05) is 0 Å². The first kappa shape index (κ1) is 14.0. The first-order valence-electron chi connectivity index (χ1n) is 6.15. The van der Waals surface area contributed by atoms with Crippen LogP contribution in [-0.2, 0) is 23.9 Å². The normalized spacial score (nSPS) is 18.3. The first-order chi connectivity index (χ1) is 10.5. The molecule has 2 aliphatic heterocycles. The molecule has 9 heteroatoms. The van der Waals surface area contributed by atoms with E-state index in [-0.39, 0.29) is 17.0 Å². The number of nitro groups is 1. The summed E-state index contributed by atoms with van der Waals surface area (Å²) in [5.41, 5.74) is 0.590. The van der Waals surface area contributed by atoms with E-state index < -0.39 is 23.0 Å². The maximum absolute atomic E-state index is 11.9. The molecule has 0 aromatic heterocycles. The van der Waals surface area contributed by atoms with Crippen LogP contribution >= 0.6 is 0 Å². The van der Waals surface area contributed by atoms with E-state index in [4.69, 9.17) is 4.84 Å². The topological polar surface area (TPSA) is 108 Å². The number of fused-ring (bicyclic) bond motifs is 5. The lowest BCUT2D eigenvalue weighted by molar-refractivity contribution is -0.384. The van der Waals surface area contributed by atoms with Gasteiger partial charge in [0.15, 0.2) is 5.70 Å². The highest BCUT2D eigenvalue weighted by Gasteiger charge is 2.50. The summed E-state index contributed by atoms with van der Waals surface area (Å²) < 4.78 is 9.31. The molecule has 0 saturated heterocycles. The minimum atomic E-state index is -0.850. The van der Waals surface area contributed by atoms with Gasteiger partial charge in [0.05, 0.1) is 24.8 Å². The van der Waals surface area contributed by atoms with Crippen LogP contribution < -0.4 is 5.06 Å². The maximum atomic E-state index is 11.9. The summed E-state index contributed by atoms with van der Waals surface area (Å²) in [5, 5.41) is 11.9. The van der Waals surface area contributed by atoms with Crippen molar-refractivity contribution in [2.75, 3.05) is 19.3 Å². The first-order valence-corrected chi connectivity index (χ1v) is 6.15. The maximum Gasteiger partial charge on any atom is 0.357 e. The Morgan fingerprint density at radius 2 is 1.95 bits per heavy atom. The van der Waals surface area contributed by atoms with Crippen molar-refractivity contribution < 1.29 is 28.8 Å². The number of carbonyl (C=O) groups excluding carboxylic acids is 2. The molecule has 3 rings (SSSR count). The summed E-state index contributed by atoms with van der Waals surface area (Å²) in [7, 11) is 2.34. The average molecular weight is 306 g/mol. The molecule has 1 aromatic rings. The van der Waals surface area contributed by atoms with Gasteiger partial charge in [-0.05, 0) is 6.07 Å². The Labute approximate surface area is 123 Å². The van der Waals surface area contributed by atoms with Gasteiger partial charge in [-0.1, -0.05) is 0 Å². The molecule has 114 valence electrons. The van der Waals surface area contributed by atoms with Gasteiger partial charge < -0.3 is 9.47 Å². The Bertz CT molecular complexity index is 740. The van der Waals surface area contributed by atoms with Crippen molar-refractivity contribution in [2.24, 2.45) is 0 Å². The van der Waals surface area contributed by atoms with Gasteiger partial charge >= 0.3 is 11.9 Å². The Morgan fingerprint density at radius 1 is 1.27 bits per heavy atom. The third-order valence-electron chi connectivity index (χ3n) is 3.44. The molecule has 1 unspecified atom stereocenters. The van der Waals surface area contributed by atoms with Gasteiger partial charge in [0.1, 0.15) is 11.7 Å². The number of rotatable bonds is 3. The lowest BCUT2D eigenvalue weighted by Gasteiger charge is -2.18. The second-order valence-electron chi connectivity index (χ2n) is 4.53. The van der Waals surface area contributed by atoms with Crippen LogP contribution in [0.15, 0.2) is 29.5 Å². The number of ether oxygens (including phenoxy) is 2. The summed E-state index contributed by atoms with van der Waals surface area (Å²) in [6, 6.07) is 4.05. The van der Waals surface area contributed by atoms with E-state index >= 15 is 0 Å². The molecule has 0 amide bonds. The lowest BCUT2D eigenvalue weighted by atomic mass is 9.95. The highest BCUT2D eigenvalue weighted by atomic mass is 16.7. The molecule has 22 heavy (non-hydrogen) atoms. The van der Waals surface area contributed by atoms with Crippen molar-refractivity contribution in [1.82, 2.24) is 0 Å². The number of hydroxylamine groups is 1.